The maximum atomic E-state index is 12.5. The Bertz CT molecular complexity index is 1140. The highest BCUT2D eigenvalue weighted by molar-refractivity contribution is 6.42. The van der Waals surface area contributed by atoms with Crippen LogP contribution in [0.25, 0.3) is 11.2 Å². The first kappa shape index (κ1) is 17.3. The fourth-order valence-electron chi connectivity index (χ4n) is 3.40. The zero-order valence-electron chi connectivity index (χ0n) is 14.4. The van der Waals surface area contributed by atoms with Crippen LogP contribution in [0.5, 0.6) is 0 Å². The van der Waals surface area contributed by atoms with Crippen molar-refractivity contribution in [2.45, 2.75) is 19.6 Å². The van der Waals surface area contributed by atoms with Crippen LogP contribution in [0.1, 0.15) is 11.4 Å². The van der Waals surface area contributed by atoms with Crippen molar-refractivity contribution >= 4 is 34.4 Å². The highest BCUT2D eigenvalue weighted by Gasteiger charge is 2.24. The summed E-state index contributed by atoms with van der Waals surface area (Å²) in [6.07, 6.45) is 0. The second-order valence-corrected chi connectivity index (χ2v) is 7.33. The quantitative estimate of drug-likeness (QED) is 0.665. The van der Waals surface area contributed by atoms with Gasteiger partial charge in [0.15, 0.2) is 11.2 Å². The molecule has 1 aliphatic rings. The summed E-state index contributed by atoms with van der Waals surface area (Å²) >= 11 is 12.1. The average molecular weight is 394 g/mol. The van der Waals surface area contributed by atoms with Crippen molar-refractivity contribution in [2.75, 3.05) is 6.54 Å². The van der Waals surface area contributed by atoms with Crippen molar-refractivity contribution in [3.05, 3.63) is 60.5 Å². The molecule has 0 atom stereocenters. The van der Waals surface area contributed by atoms with E-state index in [0.717, 1.165) is 22.5 Å². The Kier molecular flexibility index (Phi) is 4.17. The average Bonchev–Trinajstić information content (AvgIpc) is 3.00. The highest BCUT2D eigenvalue weighted by Crippen LogP contribution is 2.24. The number of rotatable bonds is 2. The Morgan fingerprint density at radius 2 is 1.85 bits per heavy atom. The van der Waals surface area contributed by atoms with E-state index in [-0.39, 0.29) is 11.2 Å². The summed E-state index contributed by atoms with van der Waals surface area (Å²) in [5.41, 5.74) is 1.31. The van der Waals surface area contributed by atoms with Crippen LogP contribution in [0.2, 0.25) is 10.0 Å². The van der Waals surface area contributed by atoms with E-state index in [1.165, 1.54) is 11.6 Å². The maximum Gasteiger partial charge on any atom is 0.332 e. The molecular weight excluding hydrogens is 377 g/mol. The molecule has 0 fully saturated rings. The molecule has 0 bridgehead atoms. The van der Waals surface area contributed by atoms with Crippen LogP contribution in [0.15, 0.2) is 27.8 Å². The predicted molar refractivity (Wildman–Crippen MR) is 101 cm³/mol. The van der Waals surface area contributed by atoms with Gasteiger partial charge in [-0.15, -0.1) is 0 Å². The van der Waals surface area contributed by atoms with Crippen molar-refractivity contribution in [3.8, 4) is 0 Å². The third-order valence-electron chi connectivity index (χ3n) is 4.82. The normalized spacial score (nSPS) is 14.8. The van der Waals surface area contributed by atoms with Crippen molar-refractivity contribution < 1.29 is 0 Å². The lowest BCUT2D eigenvalue weighted by atomic mass is 10.2. The van der Waals surface area contributed by atoms with Crippen LogP contribution < -0.4 is 11.2 Å². The van der Waals surface area contributed by atoms with Gasteiger partial charge in [0.05, 0.1) is 16.6 Å². The number of hydrogen-bond acceptors (Lipinski definition) is 4. The molecule has 9 heteroatoms. The van der Waals surface area contributed by atoms with E-state index in [4.69, 9.17) is 23.2 Å². The predicted octanol–water partition coefficient (Wildman–Crippen LogP) is 1.76. The highest BCUT2D eigenvalue weighted by atomic mass is 35.5. The smallest absolute Gasteiger partial charge is 0.320 e. The van der Waals surface area contributed by atoms with Gasteiger partial charge in [0.2, 0.25) is 0 Å². The van der Waals surface area contributed by atoms with E-state index in [1.807, 2.05) is 16.7 Å². The number of fused-ring (bicyclic) bond motifs is 3. The van der Waals surface area contributed by atoms with Gasteiger partial charge in [0.25, 0.3) is 5.56 Å². The van der Waals surface area contributed by atoms with E-state index in [0.29, 0.717) is 40.8 Å². The Morgan fingerprint density at radius 1 is 1.08 bits per heavy atom. The number of aryl methyl sites for hydroxylation is 1. The third-order valence-corrected chi connectivity index (χ3v) is 5.56. The first-order chi connectivity index (χ1) is 12.4. The van der Waals surface area contributed by atoms with Crippen LogP contribution in [0.3, 0.4) is 0 Å². The van der Waals surface area contributed by atoms with Gasteiger partial charge in [-0.3, -0.25) is 18.8 Å². The van der Waals surface area contributed by atoms with E-state index >= 15 is 0 Å². The lowest BCUT2D eigenvalue weighted by Crippen LogP contribution is -2.38. The van der Waals surface area contributed by atoms with Gasteiger partial charge in [-0.25, -0.2) is 9.78 Å². The Morgan fingerprint density at radius 3 is 2.58 bits per heavy atom. The fourth-order valence-corrected chi connectivity index (χ4v) is 3.73. The van der Waals surface area contributed by atoms with Gasteiger partial charge in [-0.2, -0.15) is 0 Å². The maximum absolute atomic E-state index is 12.5. The summed E-state index contributed by atoms with van der Waals surface area (Å²) in [7, 11) is 3.13. The van der Waals surface area contributed by atoms with Gasteiger partial charge >= 0.3 is 5.69 Å². The molecule has 7 nitrogen and oxygen atoms in total. The Hall–Kier alpha value is -2.09. The van der Waals surface area contributed by atoms with Crippen LogP contribution in [0, 0.1) is 0 Å². The minimum Gasteiger partial charge on any atom is -0.320 e. The van der Waals surface area contributed by atoms with Gasteiger partial charge in [-0.05, 0) is 17.7 Å². The minimum atomic E-state index is -0.370. The summed E-state index contributed by atoms with van der Waals surface area (Å²) in [5.74, 6) is 0.782. The zero-order chi connectivity index (χ0) is 18.6. The molecule has 4 rings (SSSR count). The van der Waals surface area contributed by atoms with E-state index < -0.39 is 0 Å². The molecule has 0 radical (unpaired) electrons. The van der Waals surface area contributed by atoms with Crippen LogP contribution in [-0.4, -0.2) is 30.1 Å². The summed E-state index contributed by atoms with van der Waals surface area (Å²) < 4.78 is 4.47. The minimum absolute atomic E-state index is 0.306. The molecule has 0 spiro atoms. The lowest BCUT2D eigenvalue weighted by Gasteiger charge is -2.27. The summed E-state index contributed by atoms with van der Waals surface area (Å²) in [6.45, 7) is 2.70. The number of aromatic nitrogens is 4. The van der Waals surface area contributed by atoms with Crippen molar-refractivity contribution in [2.24, 2.45) is 14.1 Å². The first-order valence-electron chi connectivity index (χ1n) is 8.18. The fraction of sp³-hybridized carbons (Fsp3) is 0.353. The van der Waals surface area contributed by atoms with Crippen molar-refractivity contribution in [1.29, 1.82) is 0 Å². The Balaban J connectivity index is 1.70. The van der Waals surface area contributed by atoms with Gasteiger partial charge in [0.1, 0.15) is 5.82 Å². The molecule has 0 unspecified atom stereocenters. The number of benzene rings is 1. The molecular formula is C17H17Cl2N5O2. The molecule has 0 saturated carbocycles. The SMILES string of the molecule is Cn1c(=O)c2c(nc3n2CCN(Cc2ccc(Cl)c(Cl)c2)C3)n(C)c1=O. The molecule has 0 aliphatic carbocycles. The number of hydrogen-bond donors (Lipinski definition) is 0. The standard InChI is InChI=1S/C17H17Cl2N5O2/c1-21-15-14(16(25)22(2)17(21)26)24-6-5-23(9-13(24)20-15)8-10-3-4-11(18)12(19)7-10/h3-4,7H,5-6,8-9H2,1-2H3. The second-order valence-electron chi connectivity index (χ2n) is 6.52. The Labute approximate surface area is 159 Å². The number of halogens is 2. The largest absolute Gasteiger partial charge is 0.332 e. The van der Waals surface area contributed by atoms with Crippen LogP contribution in [0.4, 0.5) is 0 Å². The summed E-state index contributed by atoms with van der Waals surface area (Å²) in [4.78, 5) is 31.4. The molecule has 2 aromatic heterocycles. The molecule has 1 aliphatic heterocycles. The molecule has 0 N–H and O–H groups in total. The molecule has 1 aromatic carbocycles. The van der Waals surface area contributed by atoms with Gasteiger partial charge in [0, 0.05) is 33.7 Å². The number of imidazole rings is 1. The van der Waals surface area contributed by atoms with E-state index in [9.17, 15) is 9.59 Å². The monoisotopic (exact) mass is 393 g/mol. The zero-order valence-corrected chi connectivity index (χ0v) is 15.9. The second kappa shape index (κ2) is 6.26. The summed E-state index contributed by atoms with van der Waals surface area (Å²) in [5, 5.41) is 1.07. The molecule has 3 heterocycles. The van der Waals surface area contributed by atoms with E-state index in [1.54, 1.807) is 13.1 Å². The van der Waals surface area contributed by atoms with Crippen molar-refractivity contribution in [3.63, 3.8) is 0 Å². The molecule has 136 valence electrons. The van der Waals surface area contributed by atoms with E-state index in [2.05, 4.69) is 9.88 Å². The first-order valence-corrected chi connectivity index (χ1v) is 8.94. The van der Waals surface area contributed by atoms with Gasteiger partial charge < -0.3 is 4.57 Å². The lowest BCUT2D eigenvalue weighted by molar-refractivity contribution is 0.211. The van der Waals surface area contributed by atoms with Crippen molar-refractivity contribution in [1.82, 2.24) is 23.6 Å². The molecule has 0 saturated heterocycles. The topological polar surface area (TPSA) is 65.1 Å². The number of nitrogens with zero attached hydrogens (tertiary/aromatic N) is 5. The van der Waals surface area contributed by atoms with Crippen LogP contribution in [-0.2, 0) is 33.7 Å². The molecule has 0 amide bonds. The molecule has 3 aromatic rings. The summed E-state index contributed by atoms with van der Waals surface area (Å²) in [6, 6.07) is 5.60. The molecule has 26 heavy (non-hydrogen) atoms. The van der Waals surface area contributed by atoms with Crippen LogP contribution >= 0.6 is 23.2 Å². The van der Waals surface area contributed by atoms with Gasteiger partial charge in [-0.1, -0.05) is 29.3 Å². The third kappa shape index (κ3) is 2.67.